The summed E-state index contributed by atoms with van der Waals surface area (Å²) in [5.74, 6) is 2.48. The van der Waals surface area contributed by atoms with Crippen molar-refractivity contribution in [3.8, 4) is 5.75 Å². The average molecular weight is 332 g/mol. The van der Waals surface area contributed by atoms with Gasteiger partial charge in [-0.25, -0.2) is 0 Å². The van der Waals surface area contributed by atoms with E-state index in [4.69, 9.17) is 4.74 Å². The second-order valence-corrected chi connectivity index (χ2v) is 6.63. The Kier molecular flexibility index (Phi) is 7.37. The molecular weight excluding hydrogens is 300 g/mol. The van der Waals surface area contributed by atoms with E-state index in [2.05, 4.69) is 53.4 Å². The number of aliphatic imine (C=N–C) groups is 1. The summed E-state index contributed by atoms with van der Waals surface area (Å²) in [6, 6.07) is 8.15. The minimum Gasteiger partial charge on any atom is -0.489 e. The molecule has 1 fully saturated rings. The van der Waals surface area contributed by atoms with Gasteiger partial charge in [0.25, 0.3) is 0 Å². The molecule has 24 heavy (non-hydrogen) atoms. The maximum absolute atomic E-state index is 5.94. The summed E-state index contributed by atoms with van der Waals surface area (Å²) in [7, 11) is 1.81. The number of ether oxygens (including phenoxy) is 1. The number of guanidine groups is 1. The van der Waals surface area contributed by atoms with Gasteiger partial charge in [-0.3, -0.25) is 4.99 Å². The highest BCUT2D eigenvalue weighted by atomic mass is 16.5. The van der Waals surface area contributed by atoms with Gasteiger partial charge in [0.1, 0.15) is 11.9 Å². The molecule has 5 nitrogen and oxygen atoms in total. The van der Waals surface area contributed by atoms with E-state index in [0.717, 1.165) is 31.3 Å². The van der Waals surface area contributed by atoms with Crippen molar-refractivity contribution in [1.29, 1.82) is 0 Å². The maximum atomic E-state index is 5.94. The van der Waals surface area contributed by atoms with Crippen LogP contribution >= 0.6 is 0 Å². The molecule has 1 aromatic rings. The maximum Gasteiger partial charge on any atom is 0.191 e. The molecule has 0 saturated carbocycles. The number of benzene rings is 1. The van der Waals surface area contributed by atoms with E-state index >= 15 is 0 Å². The van der Waals surface area contributed by atoms with Crippen molar-refractivity contribution in [3.05, 3.63) is 29.8 Å². The van der Waals surface area contributed by atoms with E-state index in [-0.39, 0.29) is 6.10 Å². The summed E-state index contributed by atoms with van der Waals surface area (Å²) in [6.07, 6.45) is 1.34. The van der Waals surface area contributed by atoms with Gasteiger partial charge >= 0.3 is 0 Å². The molecule has 0 radical (unpaired) electrons. The van der Waals surface area contributed by atoms with Crippen molar-refractivity contribution in [1.82, 2.24) is 15.5 Å². The molecule has 2 unspecified atom stereocenters. The first-order valence-corrected chi connectivity index (χ1v) is 9.01. The molecule has 0 spiro atoms. The standard InChI is InChI=1S/C19H32N4O/c1-5-23-10-9-17(14-23)13-22-19(20-4)21-12-16(3)24-18-8-6-7-15(2)11-18/h6-8,11,16-17H,5,9-10,12-14H2,1-4H3,(H2,20,21,22). The van der Waals surface area contributed by atoms with Crippen molar-refractivity contribution < 1.29 is 4.74 Å². The van der Waals surface area contributed by atoms with E-state index in [1.165, 1.54) is 25.1 Å². The van der Waals surface area contributed by atoms with E-state index in [0.29, 0.717) is 5.92 Å². The summed E-state index contributed by atoms with van der Waals surface area (Å²) in [4.78, 5) is 6.81. The number of hydrogen-bond donors (Lipinski definition) is 2. The predicted molar refractivity (Wildman–Crippen MR) is 101 cm³/mol. The van der Waals surface area contributed by atoms with Crippen LogP contribution in [0.25, 0.3) is 0 Å². The van der Waals surface area contributed by atoms with Crippen molar-refractivity contribution in [3.63, 3.8) is 0 Å². The van der Waals surface area contributed by atoms with Gasteiger partial charge in [-0.15, -0.1) is 0 Å². The lowest BCUT2D eigenvalue weighted by Crippen LogP contribution is -2.43. The van der Waals surface area contributed by atoms with Crippen LogP contribution in [0.2, 0.25) is 0 Å². The van der Waals surface area contributed by atoms with Crippen LogP contribution in [0.5, 0.6) is 5.75 Å². The van der Waals surface area contributed by atoms with Crippen LogP contribution in [0.15, 0.2) is 29.3 Å². The second kappa shape index (κ2) is 9.52. The number of likely N-dealkylation sites (tertiary alicyclic amines) is 1. The smallest absolute Gasteiger partial charge is 0.191 e. The molecule has 0 aliphatic carbocycles. The molecule has 1 aliphatic rings. The Morgan fingerprint density at radius 3 is 2.92 bits per heavy atom. The molecule has 2 rings (SSSR count). The molecule has 2 atom stereocenters. The minimum absolute atomic E-state index is 0.0763. The predicted octanol–water partition coefficient (Wildman–Crippen LogP) is 2.27. The van der Waals surface area contributed by atoms with E-state index in [1.54, 1.807) is 0 Å². The summed E-state index contributed by atoms with van der Waals surface area (Å²) < 4.78 is 5.94. The fourth-order valence-corrected chi connectivity index (χ4v) is 3.03. The molecular formula is C19H32N4O. The van der Waals surface area contributed by atoms with E-state index in [9.17, 15) is 0 Å². The molecule has 5 heteroatoms. The summed E-state index contributed by atoms with van der Waals surface area (Å²) in [5.41, 5.74) is 1.21. The van der Waals surface area contributed by atoms with Gasteiger partial charge in [0, 0.05) is 20.1 Å². The van der Waals surface area contributed by atoms with Crippen molar-refractivity contribution in [2.45, 2.75) is 33.3 Å². The Hall–Kier alpha value is -1.75. The number of nitrogens with one attached hydrogen (secondary N) is 2. The lowest BCUT2D eigenvalue weighted by atomic mass is 10.1. The molecule has 0 bridgehead atoms. The number of aryl methyl sites for hydroxylation is 1. The first-order valence-electron chi connectivity index (χ1n) is 9.01. The van der Waals surface area contributed by atoms with Gasteiger partial charge < -0.3 is 20.3 Å². The topological polar surface area (TPSA) is 48.9 Å². The second-order valence-electron chi connectivity index (χ2n) is 6.63. The third-order valence-corrected chi connectivity index (χ3v) is 4.48. The number of rotatable bonds is 7. The molecule has 1 saturated heterocycles. The highest BCUT2D eigenvalue weighted by molar-refractivity contribution is 5.79. The zero-order chi connectivity index (χ0) is 17.4. The summed E-state index contributed by atoms with van der Waals surface area (Å²) in [5, 5.41) is 6.79. The molecule has 1 aliphatic heterocycles. The van der Waals surface area contributed by atoms with Gasteiger partial charge in [0.15, 0.2) is 5.96 Å². The highest BCUT2D eigenvalue weighted by Gasteiger charge is 2.21. The van der Waals surface area contributed by atoms with E-state index < -0.39 is 0 Å². The third kappa shape index (κ3) is 6.04. The zero-order valence-electron chi connectivity index (χ0n) is 15.5. The normalized spacial score (nSPS) is 20.0. The molecule has 0 aromatic heterocycles. The van der Waals surface area contributed by atoms with Gasteiger partial charge in [-0.05, 0) is 57.0 Å². The van der Waals surface area contributed by atoms with Crippen LogP contribution in [0.1, 0.15) is 25.8 Å². The van der Waals surface area contributed by atoms with Crippen LogP contribution in [0.3, 0.4) is 0 Å². The molecule has 2 N–H and O–H groups in total. The Morgan fingerprint density at radius 1 is 1.42 bits per heavy atom. The fraction of sp³-hybridized carbons (Fsp3) is 0.632. The van der Waals surface area contributed by atoms with Crippen LogP contribution in [-0.2, 0) is 0 Å². The lowest BCUT2D eigenvalue weighted by Gasteiger charge is -2.19. The minimum atomic E-state index is 0.0763. The molecule has 0 amide bonds. The Bertz CT molecular complexity index is 532. The van der Waals surface area contributed by atoms with Crippen LogP contribution in [-0.4, -0.2) is 56.7 Å². The average Bonchev–Trinajstić information content (AvgIpc) is 3.03. The van der Waals surface area contributed by atoms with Crippen molar-refractivity contribution in [2.75, 3.05) is 39.8 Å². The monoisotopic (exact) mass is 332 g/mol. The third-order valence-electron chi connectivity index (χ3n) is 4.48. The zero-order valence-corrected chi connectivity index (χ0v) is 15.5. The lowest BCUT2D eigenvalue weighted by molar-refractivity contribution is 0.223. The van der Waals surface area contributed by atoms with Crippen LogP contribution < -0.4 is 15.4 Å². The van der Waals surface area contributed by atoms with Gasteiger partial charge in [0.05, 0.1) is 6.54 Å². The van der Waals surface area contributed by atoms with Gasteiger partial charge in [0.2, 0.25) is 0 Å². The SMILES string of the molecule is CCN1CCC(CNC(=NC)NCC(C)Oc2cccc(C)c2)C1. The molecule has 134 valence electrons. The van der Waals surface area contributed by atoms with Crippen LogP contribution in [0.4, 0.5) is 0 Å². The largest absolute Gasteiger partial charge is 0.489 e. The Labute approximate surface area is 146 Å². The van der Waals surface area contributed by atoms with Crippen molar-refractivity contribution >= 4 is 5.96 Å². The first-order chi connectivity index (χ1) is 11.6. The summed E-state index contributed by atoms with van der Waals surface area (Å²) in [6.45, 7) is 11.6. The number of nitrogens with zero attached hydrogens (tertiary/aromatic N) is 2. The first kappa shape index (κ1) is 18.6. The highest BCUT2D eigenvalue weighted by Crippen LogP contribution is 2.15. The quantitative estimate of drug-likeness (QED) is 0.594. The van der Waals surface area contributed by atoms with E-state index in [1.807, 2.05) is 19.2 Å². The van der Waals surface area contributed by atoms with Crippen LogP contribution in [0, 0.1) is 12.8 Å². The Balaban J connectivity index is 1.69. The Morgan fingerprint density at radius 2 is 2.25 bits per heavy atom. The van der Waals surface area contributed by atoms with Crippen molar-refractivity contribution in [2.24, 2.45) is 10.9 Å². The molecule has 1 aromatic carbocycles. The fourth-order valence-electron chi connectivity index (χ4n) is 3.03. The molecule has 1 heterocycles. The van der Waals surface area contributed by atoms with Gasteiger partial charge in [-0.2, -0.15) is 0 Å². The number of hydrogen-bond acceptors (Lipinski definition) is 3. The summed E-state index contributed by atoms with van der Waals surface area (Å²) >= 11 is 0. The van der Waals surface area contributed by atoms with Gasteiger partial charge in [-0.1, -0.05) is 19.1 Å².